The molecule has 0 bridgehead atoms. The van der Waals surface area contributed by atoms with Crippen molar-refractivity contribution in [1.29, 1.82) is 0 Å². The molecule has 0 aromatic heterocycles. The summed E-state index contributed by atoms with van der Waals surface area (Å²) < 4.78 is 4.82. The highest BCUT2D eigenvalue weighted by Crippen LogP contribution is 2.21. The van der Waals surface area contributed by atoms with Crippen LogP contribution in [0.25, 0.3) is 0 Å². The van der Waals surface area contributed by atoms with Gasteiger partial charge in [-0.05, 0) is 23.8 Å². The van der Waals surface area contributed by atoms with Crippen LogP contribution in [-0.2, 0) is 11.2 Å². The Bertz CT molecular complexity index is 302. The topological polar surface area (TPSA) is 29.5 Å². The van der Waals surface area contributed by atoms with Gasteiger partial charge in [-0.25, -0.2) is 0 Å². The van der Waals surface area contributed by atoms with E-state index in [9.17, 15) is 5.11 Å². The fourth-order valence-electron chi connectivity index (χ4n) is 1.20. The highest BCUT2D eigenvalue weighted by Gasteiger charge is 2.08. The molecule has 0 fully saturated rings. The Morgan fingerprint density at radius 2 is 2.14 bits per heavy atom. The third-order valence-corrected chi connectivity index (χ3v) is 2.43. The normalized spacial score (nSPS) is 12.9. The van der Waals surface area contributed by atoms with Crippen LogP contribution in [0.15, 0.2) is 18.2 Å². The molecule has 1 aromatic carbocycles. The molecule has 14 heavy (non-hydrogen) atoms. The summed E-state index contributed by atoms with van der Waals surface area (Å²) >= 11 is 11.7. The molecule has 0 saturated heterocycles. The molecule has 0 saturated carbocycles. The van der Waals surface area contributed by atoms with Gasteiger partial charge in [0.2, 0.25) is 0 Å². The summed E-state index contributed by atoms with van der Waals surface area (Å²) in [5.41, 5.74) is 0.837. The Kier molecular flexibility index (Phi) is 4.69. The number of ether oxygens (including phenoxy) is 1. The van der Waals surface area contributed by atoms with Gasteiger partial charge >= 0.3 is 0 Å². The molecule has 1 aromatic rings. The molecule has 0 amide bonds. The molecular weight excluding hydrogens is 223 g/mol. The Labute approximate surface area is 93.4 Å². The second-order valence-electron chi connectivity index (χ2n) is 3.05. The predicted molar refractivity (Wildman–Crippen MR) is 58.0 cm³/mol. The Hall–Kier alpha value is -0.280. The third kappa shape index (κ3) is 3.46. The largest absolute Gasteiger partial charge is 0.390 e. The van der Waals surface area contributed by atoms with E-state index in [0.29, 0.717) is 23.1 Å². The number of methoxy groups -OCH3 is 1. The maximum atomic E-state index is 9.49. The molecule has 78 valence electrons. The van der Waals surface area contributed by atoms with E-state index >= 15 is 0 Å². The Morgan fingerprint density at radius 3 is 2.79 bits per heavy atom. The second kappa shape index (κ2) is 5.56. The number of rotatable bonds is 4. The number of aliphatic hydroxyl groups excluding tert-OH is 1. The lowest BCUT2D eigenvalue weighted by molar-refractivity contribution is 0.0650. The maximum Gasteiger partial charge on any atom is 0.0814 e. The summed E-state index contributed by atoms with van der Waals surface area (Å²) in [4.78, 5) is 0. The monoisotopic (exact) mass is 234 g/mol. The van der Waals surface area contributed by atoms with Gasteiger partial charge in [0.1, 0.15) is 0 Å². The third-order valence-electron chi connectivity index (χ3n) is 1.82. The van der Waals surface area contributed by atoms with E-state index in [1.54, 1.807) is 25.3 Å². The summed E-state index contributed by atoms with van der Waals surface area (Å²) in [6, 6.07) is 5.19. The zero-order valence-electron chi connectivity index (χ0n) is 7.84. The number of benzene rings is 1. The summed E-state index contributed by atoms with van der Waals surface area (Å²) in [5, 5.41) is 10.7. The van der Waals surface area contributed by atoms with Crippen LogP contribution in [-0.4, -0.2) is 24.9 Å². The van der Waals surface area contributed by atoms with Crippen molar-refractivity contribution in [2.45, 2.75) is 12.5 Å². The summed E-state index contributed by atoms with van der Waals surface area (Å²) in [6.45, 7) is 0.294. The van der Waals surface area contributed by atoms with Crippen molar-refractivity contribution in [1.82, 2.24) is 0 Å². The van der Waals surface area contributed by atoms with E-state index < -0.39 is 6.10 Å². The molecule has 0 aliphatic heterocycles. The minimum atomic E-state index is -0.545. The van der Waals surface area contributed by atoms with Gasteiger partial charge in [-0.1, -0.05) is 23.2 Å². The van der Waals surface area contributed by atoms with Crippen LogP contribution >= 0.6 is 23.2 Å². The fourth-order valence-corrected chi connectivity index (χ4v) is 1.59. The van der Waals surface area contributed by atoms with Gasteiger partial charge in [0.05, 0.1) is 12.7 Å². The number of halogens is 2. The van der Waals surface area contributed by atoms with E-state index in [0.717, 1.165) is 5.56 Å². The number of aliphatic hydroxyl groups is 1. The minimum absolute atomic E-state index is 0.294. The van der Waals surface area contributed by atoms with E-state index in [1.807, 2.05) is 0 Å². The Morgan fingerprint density at radius 1 is 1.43 bits per heavy atom. The molecule has 0 heterocycles. The quantitative estimate of drug-likeness (QED) is 0.868. The molecule has 0 aliphatic carbocycles. The Balaban J connectivity index is 2.70. The smallest absolute Gasteiger partial charge is 0.0814 e. The zero-order valence-corrected chi connectivity index (χ0v) is 9.35. The molecule has 1 unspecified atom stereocenters. The van der Waals surface area contributed by atoms with Gasteiger partial charge in [0, 0.05) is 23.6 Å². The van der Waals surface area contributed by atoms with Gasteiger partial charge in [-0.3, -0.25) is 0 Å². The number of hydrogen-bond acceptors (Lipinski definition) is 2. The van der Waals surface area contributed by atoms with Crippen LogP contribution in [0.3, 0.4) is 0 Å². The molecule has 0 aliphatic rings. The van der Waals surface area contributed by atoms with Gasteiger partial charge < -0.3 is 9.84 Å². The summed E-state index contributed by atoms with van der Waals surface area (Å²) in [6.07, 6.45) is -0.0938. The van der Waals surface area contributed by atoms with Crippen molar-refractivity contribution in [3.63, 3.8) is 0 Å². The standard InChI is InChI=1S/C10H12Cl2O2/c1-14-6-9(13)5-7-4-8(11)2-3-10(7)12/h2-4,9,13H,5-6H2,1H3. The van der Waals surface area contributed by atoms with Crippen LogP contribution in [0.2, 0.25) is 10.0 Å². The van der Waals surface area contributed by atoms with Crippen molar-refractivity contribution in [3.8, 4) is 0 Å². The molecule has 1 rings (SSSR count). The van der Waals surface area contributed by atoms with Crippen LogP contribution in [0, 0.1) is 0 Å². The molecule has 1 N–H and O–H groups in total. The highest BCUT2D eigenvalue weighted by atomic mass is 35.5. The van der Waals surface area contributed by atoms with E-state index in [-0.39, 0.29) is 0 Å². The predicted octanol–water partition coefficient (Wildman–Crippen LogP) is 2.54. The molecule has 1 atom stereocenters. The SMILES string of the molecule is COCC(O)Cc1cc(Cl)ccc1Cl. The van der Waals surface area contributed by atoms with Crippen LogP contribution in [0.1, 0.15) is 5.56 Å². The average Bonchev–Trinajstić information content (AvgIpc) is 2.12. The molecule has 2 nitrogen and oxygen atoms in total. The second-order valence-corrected chi connectivity index (χ2v) is 3.89. The number of hydrogen-bond donors (Lipinski definition) is 1. The molecule has 0 radical (unpaired) electrons. The van der Waals surface area contributed by atoms with Gasteiger partial charge in [0.15, 0.2) is 0 Å². The van der Waals surface area contributed by atoms with E-state index in [4.69, 9.17) is 27.9 Å². The van der Waals surface area contributed by atoms with Crippen LogP contribution in [0.5, 0.6) is 0 Å². The van der Waals surface area contributed by atoms with E-state index in [2.05, 4.69) is 0 Å². The minimum Gasteiger partial charge on any atom is -0.390 e. The van der Waals surface area contributed by atoms with Crippen molar-refractivity contribution in [2.24, 2.45) is 0 Å². The summed E-state index contributed by atoms with van der Waals surface area (Å²) in [5.74, 6) is 0. The van der Waals surface area contributed by atoms with E-state index in [1.165, 1.54) is 0 Å². The first-order valence-corrected chi connectivity index (χ1v) is 5.00. The zero-order chi connectivity index (χ0) is 10.6. The fraction of sp³-hybridized carbons (Fsp3) is 0.400. The van der Waals surface area contributed by atoms with Crippen LogP contribution < -0.4 is 0 Å². The van der Waals surface area contributed by atoms with Crippen molar-refractivity contribution >= 4 is 23.2 Å². The maximum absolute atomic E-state index is 9.49. The van der Waals surface area contributed by atoms with Gasteiger partial charge in [-0.15, -0.1) is 0 Å². The van der Waals surface area contributed by atoms with Crippen molar-refractivity contribution < 1.29 is 9.84 Å². The molecular formula is C10H12Cl2O2. The molecule has 4 heteroatoms. The lowest BCUT2D eigenvalue weighted by Gasteiger charge is -2.10. The first kappa shape index (κ1) is 11.8. The first-order chi connectivity index (χ1) is 6.63. The lowest BCUT2D eigenvalue weighted by atomic mass is 10.1. The van der Waals surface area contributed by atoms with Crippen LogP contribution in [0.4, 0.5) is 0 Å². The van der Waals surface area contributed by atoms with Crippen molar-refractivity contribution in [3.05, 3.63) is 33.8 Å². The first-order valence-electron chi connectivity index (χ1n) is 4.24. The lowest BCUT2D eigenvalue weighted by Crippen LogP contribution is -2.17. The average molecular weight is 235 g/mol. The highest BCUT2D eigenvalue weighted by molar-refractivity contribution is 6.33. The molecule has 0 spiro atoms. The van der Waals surface area contributed by atoms with Crippen molar-refractivity contribution in [2.75, 3.05) is 13.7 Å². The summed E-state index contributed by atoms with van der Waals surface area (Å²) in [7, 11) is 1.54. The van der Waals surface area contributed by atoms with Gasteiger partial charge in [0.25, 0.3) is 0 Å². The van der Waals surface area contributed by atoms with Gasteiger partial charge in [-0.2, -0.15) is 0 Å².